The highest BCUT2D eigenvalue weighted by atomic mass is 19.1. The molecular formula is C23H22FN5O. The Hall–Kier alpha value is -3.21. The summed E-state index contributed by atoms with van der Waals surface area (Å²) < 4.78 is 22.6. The number of likely N-dealkylation sites (tertiary alicyclic amines) is 1. The van der Waals surface area contributed by atoms with Crippen molar-refractivity contribution in [2.45, 2.75) is 25.4 Å². The van der Waals surface area contributed by atoms with Crippen LogP contribution in [0.1, 0.15) is 17.0 Å². The van der Waals surface area contributed by atoms with Crippen LogP contribution in [0.4, 0.5) is 4.39 Å². The highest BCUT2D eigenvalue weighted by Gasteiger charge is 2.34. The Labute approximate surface area is 173 Å². The largest absolute Gasteiger partial charge is 0.366 e. The lowest BCUT2D eigenvalue weighted by molar-refractivity contribution is 0.00864. The molecule has 4 aromatic rings. The maximum atomic E-state index is 14.6. The molecule has 2 atom stereocenters. The van der Waals surface area contributed by atoms with Crippen LogP contribution < -0.4 is 0 Å². The van der Waals surface area contributed by atoms with Gasteiger partial charge < -0.3 is 14.3 Å². The zero-order chi connectivity index (χ0) is 20.7. The van der Waals surface area contributed by atoms with Gasteiger partial charge in [0.25, 0.3) is 0 Å². The Balaban J connectivity index is 1.24. The number of imidazole rings is 1. The summed E-state index contributed by atoms with van der Waals surface area (Å²) in [7, 11) is 2.03. The van der Waals surface area contributed by atoms with Crippen LogP contribution in [0.25, 0.3) is 21.9 Å². The number of hydrogen-bond donors (Lipinski definition) is 1. The Morgan fingerprint density at radius 2 is 2.13 bits per heavy atom. The molecule has 1 aliphatic heterocycles. The fourth-order valence-corrected chi connectivity index (χ4v) is 4.27. The molecule has 1 aliphatic rings. The number of nitriles is 1. The average molecular weight is 403 g/mol. The van der Waals surface area contributed by atoms with E-state index in [1.54, 1.807) is 18.2 Å². The molecule has 0 saturated carbocycles. The van der Waals surface area contributed by atoms with E-state index >= 15 is 0 Å². The number of aromatic nitrogens is 3. The minimum absolute atomic E-state index is 0.212. The smallest absolute Gasteiger partial charge is 0.140 e. The second-order valence-electron chi connectivity index (χ2n) is 7.87. The van der Waals surface area contributed by atoms with Crippen molar-refractivity contribution in [1.82, 2.24) is 19.4 Å². The van der Waals surface area contributed by atoms with Gasteiger partial charge in [-0.05, 0) is 29.8 Å². The van der Waals surface area contributed by atoms with Crippen molar-refractivity contribution in [2.24, 2.45) is 7.05 Å². The SMILES string of the molecule is Cn1cc(CN2C[C@@H](F)[C@@H](OCc3nc4ccc(C#N)cc4[nH]3)C2)c2ccccc21. The van der Waals surface area contributed by atoms with Crippen LogP contribution in [0.2, 0.25) is 0 Å². The third-order valence-corrected chi connectivity index (χ3v) is 5.74. The van der Waals surface area contributed by atoms with E-state index in [9.17, 15) is 4.39 Å². The molecule has 2 aromatic heterocycles. The molecule has 0 bridgehead atoms. The molecule has 0 aliphatic carbocycles. The Kier molecular flexibility index (Phi) is 4.74. The number of benzene rings is 2. The van der Waals surface area contributed by atoms with Gasteiger partial charge in [0, 0.05) is 43.8 Å². The molecule has 7 heteroatoms. The highest BCUT2D eigenvalue weighted by Crippen LogP contribution is 2.25. The first kappa shape index (κ1) is 18.8. The fourth-order valence-electron chi connectivity index (χ4n) is 4.27. The van der Waals surface area contributed by atoms with Gasteiger partial charge in [-0.25, -0.2) is 9.37 Å². The van der Waals surface area contributed by atoms with E-state index < -0.39 is 12.3 Å². The summed E-state index contributed by atoms with van der Waals surface area (Å²) in [6.45, 7) is 1.82. The summed E-state index contributed by atoms with van der Waals surface area (Å²) in [6, 6.07) is 15.7. The summed E-state index contributed by atoms with van der Waals surface area (Å²) in [4.78, 5) is 9.73. The lowest BCUT2D eigenvalue weighted by atomic mass is 10.1. The number of H-pyrrole nitrogens is 1. The van der Waals surface area contributed by atoms with Crippen molar-refractivity contribution in [3.05, 3.63) is 65.6 Å². The number of hydrogen-bond acceptors (Lipinski definition) is 4. The van der Waals surface area contributed by atoms with Crippen LogP contribution in [0.15, 0.2) is 48.7 Å². The Morgan fingerprint density at radius 1 is 1.27 bits per heavy atom. The lowest BCUT2D eigenvalue weighted by Gasteiger charge is -2.15. The van der Waals surface area contributed by atoms with Crippen LogP contribution in [0.3, 0.4) is 0 Å². The van der Waals surface area contributed by atoms with Crippen molar-refractivity contribution in [2.75, 3.05) is 13.1 Å². The number of para-hydroxylation sites is 1. The monoisotopic (exact) mass is 403 g/mol. The molecular weight excluding hydrogens is 381 g/mol. The van der Waals surface area contributed by atoms with Gasteiger partial charge in [0.2, 0.25) is 0 Å². The molecule has 3 heterocycles. The summed E-state index contributed by atoms with van der Waals surface area (Å²) in [5, 5.41) is 10.2. The first-order valence-corrected chi connectivity index (χ1v) is 10.0. The third kappa shape index (κ3) is 3.45. The van der Waals surface area contributed by atoms with Crippen LogP contribution >= 0.6 is 0 Å². The van der Waals surface area contributed by atoms with Gasteiger partial charge in [-0.1, -0.05) is 18.2 Å². The zero-order valence-corrected chi connectivity index (χ0v) is 16.7. The van der Waals surface area contributed by atoms with Gasteiger partial charge in [-0.15, -0.1) is 0 Å². The van der Waals surface area contributed by atoms with Gasteiger partial charge in [0.05, 0.1) is 22.7 Å². The van der Waals surface area contributed by atoms with E-state index in [1.807, 2.05) is 19.2 Å². The average Bonchev–Trinajstić information content (AvgIpc) is 3.41. The van der Waals surface area contributed by atoms with Gasteiger partial charge in [0.15, 0.2) is 0 Å². The number of ether oxygens (including phenoxy) is 1. The van der Waals surface area contributed by atoms with E-state index in [0.29, 0.717) is 31.0 Å². The van der Waals surface area contributed by atoms with Gasteiger partial charge in [-0.3, -0.25) is 4.90 Å². The van der Waals surface area contributed by atoms with Gasteiger partial charge in [-0.2, -0.15) is 5.26 Å². The standard InChI is InChI=1S/C23H22FN5O/c1-28-10-16(17-4-2-3-5-21(17)28)11-29-12-18(24)22(13-29)30-14-23-26-19-7-6-15(9-25)8-20(19)27-23/h2-8,10,18,22H,11-14H2,1H3,(H,26,27)/t18-,22+/m1/s1. The molecule has 30 heavy (non-hydrogen) atoms. The second kappa shape index (κ2) is 7.56. The Bertz CT molecular complexity index is 1250. The quantitative estimate of drug-likeness (QED) is 0.552. The van der Waals surface area contributed by atoms with Crippen LogP contribution in [-0.4, -0.2) is 44.8 Å². The number of rotatable bonds is 5. The topological polar surface area (TPSA) is 69.9 Å². The maximum Gasteiger partial charge on any atom is 0.140 e. The maximum absolute atomic E-state index is 14.6. The predicted octanol–water partition coefficient (Wildman–Crippen LogP) is 3.67. The van der Waals surface area contributed by atoms with Crippen molar-refractivity contribution >= 4 is 21.9 Å². The molecule has 0 unspecified atom stereocenters. The number of nitrogens with one attached hydrogen (secondary N) is 1. The van der Waals surface area contributed by atoms with Crippen molar-refractivity contribution in [1.29, 1.82) is 5.26 Å². The van der Waals surface area contributed by atoms with Crippen molar-refractivity contribution in [3.63, 3.8) is 0 Å². The fraction of sp³-hybridized carbons (Fsp3) is 0.304. The van der Waals surface area contributed by atoms with Crippen molar-refractivity contribution in [3.8, 4) is 6.07 Å². The first-order valence-electron chi connectivity index (χ1n) is 10.0. The van der Waals surface area contributed by atoms with E-state index in [4.69, 9.17) is 10.00 Å². The van der Waals surface area contributed by atoms with Crippen LogP contribution in [-0.2, 0) is 24.9 Å². The number of halogens is 1. The van der Waals surface area contributed by atoms with Gasteiger partial charge >= 0.3 is 0 Å². The van der Waals surface area contributed by atoms with E-state index in [2.05, 4.69) is 43.8 Å². The van der Waals surface area contributed by atoms with E-state index in [1.165, 1.54) is 16.5 Å². The third-order valence-electron chi connectivity index (χ3n) is 5.74. The predicted molar refractivity (Wildman–Crippen MR) is 112 cm³/mol. The molecule has 0 spiro atoms. The summed E-state index contributed by atoms with van der Waals surface area (Å²) in [6.07, 6.45) is 0.605. The summed E-state index contributed by atoms with van der Waals surface area (Å²) in [5.41, 5.74) is 4.51. The Morgan fingerprint density at radius 3 is 3.00 bits per heavy atom. The minimum atomic E-state index is -1.03. The number of aromatic amines is 1. The van der Waals surface area contributed by atoms with E-state index in [-0.39, 0.29) is 6.61 Å². The van der Waals surface area contributed by atoms with Crippen molar-refractivity contribution < 1.29 is 9.13 Å². The van der Waals surface area contributed by atoms with Crippen LogP contribution in [0, 0.1) is 11.3 Å². The van der Waals surface area contributed by atoms with E-state index in [0.717, 1.165) is 11.0 Å². The summed E-state index contributed by atoms with van der Waals surface area (Å²) in [5.74, 6) is 0.639. The lowest BCUT2D eigenvalue weighted by Crippen LogP contribution is -2.24. The molecule has 152 valence electrons. The molecule has 5 rings (SSSR count). The first-order chi connectivity index (χ1) is 14.6. The van der Waals surface area contributed by atoms with Crippen LogP contribution in [0.5, 0.6) is 0 Å². The normalized spacial score (nSPS) is 19.6. The molecule has 0 radical (unpaired) electrons. The number of aryl methyl sites for hydroxylation is 1. The molecule has 2 aromatic carbocycles. The number of alkyl halides is 1. The minimum Gasteiger partial charge on any atom is -0.366 e. The molecule has 1 N–H and O–H groups in total. The molecule has 6 nitrogen and oxygen atoms in total. The van der Waals surface area contributed by atoms with Gasteiger partial charge in [0.1, 0.15) is 24.7 Å². The molecule has 1 saturated heterocycles. The zero-order valence-electron chi connectivity index (χ0n) is 16.7. The number of nitrogens with zero attached hydrogens (tertiary/aromatic N) is 4. The highest BCUT2D eigenvalue weighted by molar-refractivity contribution is 5.83. The summed E-state index contributed by atoms with van der Waals surface area (Å²) >= 11 is 0. The number of fused-ring (bicyclic) bond motifs is 2. The molecule has 1 fully saturated rings. The second-order valence-corrected chi connectivity index (χ2v) is 7.87. The molecule has 0 amide bonds.